The average molecular weight is 798 g/mol. The Hall–Kier alpha value is -1.67. The molecule has 9 atom stereocenters. The van der Waals surface area contributed by atoms with E-state index in [4.69, 9.17) is 9.47 Å². The number of aliphatic hydroxyl groups excluding tert-OH is 7. The van der Waals surface area contributed by atoms with Crippen molar-refractivity contribution in [3.63, 3.8) is 0 Å². The molecule has 56 heavy (non-hydrogen) atoms. The van der Waals surface area contributed by atoms with E-state index in [1.54, 1.807) is 0 Å². The third kappa shape index (κ3) is 25.0. The first kappa shape index (κ1) is 52.3. The second-order valence-corrected chi connectivity index (χ2v) is 15.8. The number of rotatable bonds is 36. The van der Waals surface area contributed by atoms with Crippen LogP contribution in [-0.2, 0) is 14.3 Å². The first-order chi connectivity index (χ1) is 27.2. The Bertz CT molecular complexity index is 1010. The van der Waals surface area contributed by atoms with Gasteiger partial charge in [0.15, 0.2) is 6.29 Å². The number of nitrogens with one attached hydrogen (secondary N) is 1. The van der Waals surface area contributed by atoms with Gasteiger partial charge in [0.25, 0.3) is 0 Å². The van der Waals surface area contributed by atoms with Gasteiger partial charge in [-0.1, -0.05) is 147 Å². The summed E-state index contributed by atoms with van der Waals surface area (Å²) in [7, 11) is 0. The van der Waals surface area contributed by atoms with Crippen molar-refractivity contribution in [3.8, 4) is 0 Å². The normalized spacial score (nSPS) is 22.6. The van der Waals surface area contributed by atoms with Crippen molar-refractivity contribution < 1.29 is 50.0 Å². The van der Waals surface area contributed by atoms with Crippen molar-refractivity contribution in [2.24, 2.45) is 0 Å². The molecule has 1 amide bonds. The van der Waals surface area contributed by atoms with Gasteiger partial charge in [0.05, 0.1) is 25.4 Å². The van der Waals surface area contributed by atoms with Crippen LogP contribution in [0.5, 0.6) is 0 Å². The summed E-state index contributed by atoms with van der Waals surface area (Å²) in [6.07, 6.45) is 27.7. The second kappa shape index (κ2) is 35.3. The van der Waals surface area contributed by atoms with Crippen LogP contribution in [0.3, 0.4) is 0 Å². The number of carbonyl (C=O) groups excluding carboxylic acids is 1. The van der Waals surface area contributed by atoms with E-state index >= 15 is 0 Å². The summed E-state index contributed by atoms with van der Waals surface area (Å²) in [5, 5.41) is 75.4. The lowest BCUT2D eigenvalue weighted by Crippen LogP contribution is -2.60. The molecule has 1 saturated heterocycles. The lowest BCUT2D eigenvalue weighted by atomic mass is 9.98. The van der Waals surface area contributed by atoms with Crippen molar-refractivity contribution >= 4 is 5.91 Å². The highest BCUT2D eigenvalue weighted by Gasteiger charge is 2.44. The minimum atomic E-state index is -1.67. The predicted octanol–water partition coefficient (Wildman–Crippen LogP) is 6.83. The second-order valence-electron chi connectivity index (χ2n) is 15.8. The number of amides is 1. The smallest absolute Gasteiger partial charge is 0.249 e. The number of hydrogen-bond donors (Lipinski definition) is 8. The molecule has 11 heteroatoms. The third-order valence-corrected chi connectivity index (χ3v) is 10.7. The summed E-state index contributed by atoms with van der Waals surface area (Å²) < 4.78 is 11.0. The van der Waals surface area contributed by atoms with E-state index < -0.39 is 74.2 Å². The van der Waals surface area contributed by atoms with Crippen molar-refractivity contribution in [1.82, 2.24) is 5.32 Å². The van der Waals surface area contributed by atoms with E-state index in [1.165, 1.54) is 89.9 Å². The fraction of sp³-hybridized carbons (Fsp3) is 0.844. The molecule has 0 aromatic carbocycles. The molecule has 328 valence electrons. The minimum absolute atomic E-state index is 0.247. The molecule has 0 aliphatic carbocycles. The molecular formula is C45H83NO10. The summed E-state index contributed by atoms with van der Waals surface area (Å²) >= 11 is 0. The van der Waals surface area contributed by atoms with Gasteiger partial charge in [0.1, 0.15) is 36.6 Å². The van der Waals surface area contributed by atoms with Gasteiger partial charge >= 0.3 is 0 Å². The largest absolute Gasteiger partial charge is 0.394 e. The fourth-order valence-electron chi connectivity index (χ4n) is 6.90. The van der Waals surface area contributed by atoms with Crippen molar-refractivity contribution in [3.05, 3.63) is 36.5 Å². The van der Waals surface area contributed by atoms with Crippen molar-refractivity contribution in [1.29, 1.82) is 0 Å². The van der Waals surface area contributed by atoms with E-state index in [2.05, 4.69) is 55.6 Å². The monoisotopic (exact) mass is 798 g/mol. The highest BCUT2D eigenvalue weighted by atomic mass is 16.7. The summed E-state index contributed by atoms with van der Waals surface area (Å²) in [4.78, 5) is 13.0. The van der Waals surface area contributed by atoms with Crippen molar-refractivity contribution in [2.75, 3.05) is 13.2 Å². The molecule has 1 aliphatic heterocycles. The quantitative estimate of drug-likeness (QED) is 0.0190. The van der Waals surface area contributed by atoms with E-state index in [9.17, 15) is 40.5 Å². The maximum absolute atomic E-state index is 13.0. The van der Waals surface area contributed by atoms with Gasteiger partial charge in [-0.3, -0.25) is 4.79 Å². The molecule has 0 spiro atoms. The number of unbranched alkanes of at least 4 members (excludes halogenated alkanes) is 19. The number of hydrogen-bond acceptors (Lipinski definition) is 10. The van der Waals surface area contributed by atoms with Crippen LogP contribution in [0.2, 0.25) is 0 Å². The molecule has 1 rings (SSSR count). The molecule has 1 fully saturated rings. The van der Waals surface area contributed by atoms with Crippen LogP contribution < -0.4 is 5.32 Å². The number of ether oxygens (including phenoxy) is 2. The summed E-state index contributed by atoms with van der Waals surface area (Å²) in [5.41, 5.74) is 0. The number of carbonyl (C=O) groups is 1. The Morgan fingerprint density at radius 1 is 0.625 bits per heavy atom. The molecule has 9 unspecified atom stereocenters. The van der Waals surface area contributed by atoms with Crippen LogP contribution in [-0.4, -0.2) is 110 Å². The SMILES string of the molecule is CCCCC/C=C\C=C/CCCCCCCCCCCC(O)C(=O)NC(COC1OC(CO)C(O)C(O)C1O)C(O)C(O)CCC/C=C/CCCCCCCC. The van der Waals surface area contributed by atoms with E-state index in [1.807, 2.05) is 0 Å². The Labute approximate surface area is 339 Å². The van der Waals surface area contributed by atoms with Crippen LogP contribution in [0.1, 0.15) is 174 Å². The summed E-state index contributed by atoms with van der Waals surface area (Å²) in [6.45, 7) is 3.35. The molecule has 11 nitrogen and oxygen atoms in total. The zero-order valence-corrected chi connectivity index (χ0v) is 35.1. The maximum Gasteiger partial charge on any atom is 0.249 e. The lowest BCUT2D eigenvalue weighted by Gasteiger charge is -2.40. The highest BCUT2D eigenvalue weighted by molar-refractivity contribution is 5.80. The van der Waals surface area contributed by atoms with Crippen LogP contribution >= 0.6 is 0 Å². The molecule has 1 heterocycles. The molecule has 0 saturated carbocycles. The van der Waals surface area contributed by atoms with E-state index in [-0.39, 0.29) is 12.8 Å². The van der Waals surface area contributed by atoms with E-state index in [0.717, 1.165) is 44.9 Å². The molecule has 0 aromatic heterocycles. The Morgan fingerprint density at radius 3 is 1.68 bits per heavy atom. The molecule has 0 bridgehead atoms. The molecule has 8 N–H and O–H groups in total. The van der Waals surface area contributed by atoms with Crippen molar-refractivity contribution in [2.45, 2.75) is 229 Å². The van der Waals surface area contributed by atoms with Crippen LogP contribution in [0.15, 0.2) is 36.5 Å². The van der Waals surface area contributed by atoms with Gasteiger partial charge in [0, 0.05) is 0 Å². The Kier molecular flexibility index (Phi) is 33.0. The Balaban J connectivity index is 2.47. The molecular weight excluding hydrogens is 714 g/mol. The molecule has 0 radical (unpaired) electrons. The topological polar surface area (TPSA) is 189 Å². The highest BCUT2D eigenvalue weighted by Crippen LogP contribution is 2.23. The van der Waals surface area contributed by atoms with Crippen LogP contribution in [0, 0.1) is 0 Å². The fourth-order valence-corrected chi connectivity index (χ4v) is 6.90. The van der Waals surface area contributed by atoms with Gasteiger partial charge in [0.2, 0.25) is 5.91 Å². The van der Waals surface area contributed by atoms with Gasteiger partial charge in [-0.2, -0.15) is 0 Å². The first-order valence-corrected chi connectivity index (χ1v) is 22.4. The zero-order chi connectivity index (χ0) is 41.2. The maximum atomic E-state index is 13.0. The summed E-state index contributed by atoms with van der Waals surface area (Å²) in [5.74, 6) is -0.714. The molecule has 1 aliphatic rings. The minimum Gasteiger partial charge on any atom is -0.394 e. The first-order valence-electron chi connectivity index (χ1n) is 22.4. The van der Waals surface area contributed by atoms with Crippen LogP contribution in [0.25, 0.3) is 0 Å². The summed E-state index contributed by atoms with van der Waals surface area (Å²) in [6, 6.07) is -1.18. The third-order valence-electron chi connectivity index (χ3n) is 10.7. The average Bonchev–Trinajstić information content (AvgIpc) is 3.20. The van der Waals surface area contributed by atoms with Crippen LogP contribution in [0.4, 0.5) is 0 Å². The molecule has 0 aromatic rings. The Morgan fingerprint density at radius 2 is 1.11 bits per heavy atom. The van der Waals surface area contributed by atoms with Gasteiger partial charge in [-0.15, -0.1) is 0 Å². The van der Waals surface area contributed by atoms with Gasteiger partial charge in [-0.05, 0) is 64.2 Å². The van der Waals surface area contributed by atoms with Gasteiger partial charge in [-0.25, -0.2) is 0 Å². The number of allylic oxidation sites excluding steroid dienone is 6. The number of aliphatic hydroxyl groups is 7. The standard InChI is InChI=1S/C45H83NO10/c1-3-5-7-9-11-13-15-16-17-18-19-20-21-23-25-27-29-31-33-38(49)44(54)46-36(35-55-45-43(53)42(52)41(51)39(34-47)56-45)40(50)37(48)32-30-28-26-24-22-14-12-10-8-6-4-2/h11,13,15-16,24,26,36-43,45,47-53H,3-10,12,14,17-23,25,27-35H2,1-2H3,(H,46,54)/b13-11-,16-15-,26-24+. The zero-order valence-electron chi connectivity index (χ0n) is 35.1. The predicted molar refractivity (Wildman–Crippen MR) is 224 cm³/mol. The van der Waals surface area contributed by atoms with Gasteiger partial charge < -0.3 is 50.5 Å². The van der Waals surface area contributed by atoms with E-state index in [0.29, 0.717) is 12.8 Å². The lowest BCUT2D eigenvalue weighted by molar-refractivity contribution is -0.303.